The second-order valence-corrected chi connectivity index (χ2v) is 6.42. The van der Waals surface area contributed by atoms with E-state index in [1.54, 1.807) is 12.1 Å². The number of benzene rings is 2. The second kappa shape index (κ2) is 6.53. The molecule has 0 bridgehead atoms. The Morgan fingerprint density at radius 1 is 1.25 bits per heavy atom. The van der Waals surface area contributed by atoms with Crippen molar-refractivity contribution in [3.63, 3.8) is 0 Å². The van der Waals surface area contributed by atoms with Crippen molar-refractivity contribution in [2.75, 3.05) is 5.32 Å². The van der Waals surface area contributed by atoms with Gasteiger partial charge in [0.2, 0.25) is 0 Å². The van der Waals surface area contributed by atoms with Crippen molar-refractivity contribution in [1.29, 1.82) is 0 Å². The van der Waals surface area contributed by atoms with E-state index in [0.29, 0.717) is 3.57 Å². The lowest BCUT2D eigenvalue weighted by Crippen LogP contribution is -2.06. The molecule has 0 saturated heterocycles. The monoisotopic (exact) mass is 446 g/mol. The van der Waals surface area contributed by atoms with E-state index in [4.69, 9.17) is 0 Å². The van der Waals surface area contributed by atoms with Crippen molar-refractivity contribution in [3.8, 4) is 0 Å². The van der Waals surface area contributed by atoms with Gasteiger partial charge in [-0.05, 0) is 59.3 Å². The van der Waals surface area contributed by atoms with Gasteiger partial charge in [-0.1, -0.05) is 28.1 Å². The van der Waals surface area contributed by atoms with Crippen molar-refractivity contribution in [2.45, 2.75) is 13.0 Å². The lowest BCUT2D eigenvalue weighted by molar-refractivity contribution is -0.385. The Balaban J connectivity index is 2.15. The fourth-order valence-corrected chi connectivity index (χ4v) is 2.81. The molecule has 2 rings (SSSR count). The summed E-state index contributed by atoms with van der Waals surface area (Å²) in [7, 11) is 0. The topological polar surface area (TPSA) is 55.2 Å². The number of anilines is 1. The summed E-state index contributed by atoms with van der Waals surface area (Å²) in [6, 6.07) is 13.2. The number of rotatable bonds is 4. The van der Waals surface area contributed by atoms with Crippen LogP contribution in [0.5, 0.6) is 0 Å². The van der Waals surface area contributed by atoms with Gasteiger partial charge < -0.3 is 5.32 Å². The molecule has 6 heteroatoms. The fourth-order valence-electron chi connectivity index (χ4n) is 1.83. The Bertz CT molecular complexity index is 632. The van der Waals surface area contributed by atoms with Gasteiger partial charge in [-0.15, -0.1) is 0 Å². The van der Waals surface area contributed by atoms with Crippen molar-refractivity contribution < 1.29 is 4.92 Å². The molecule has 104 valence electrons. The zero-order valence-electron chi connectivity index (χ0n) is 10.6. The van der Waals surface area contributed by atoms with Crippen LogP contribution in [0.3, 0.4) is 0 Å². The summed E-state index contributed by atoms with van der Waals surface area (Å²) in [6.45, 7) is 2.05. The average Bonchev–Trinajstić information content (AvgIpc) is 2.39. The van der Waals surface area contributed by atoms with E-state index in [2.05, 4.69) is 28.2 Å². The van der Waals surface area contributed by atoms with Crippen LogP contribution < -0.4 is 5.32 Å². The van der Waals surface area contributed by atoms with Gasteiger partial charge in [0, 0.05) is 22.3 Å². The molecule has 1 unspecified atom stereocenters. The van der Waals surface area contributed by atoms with Crippen LogP contribution in [-0.4, -0.2) is 4.92 Å². The third kappa shape index (κ3) is 3.69. The summed E-state index contributed by atoms with van der Waals surface area (Å²) in [6.07, 6.45) is 0. The fraction of sp³-hybridized carbons (Fsp3) is 0.143. The number of nitrogens with one attached hydrogen (secondary N) is 1. The van der Waals surface area contributed by atoms with Crippen molar-refractivity contribution in [3.05, 3.63) is 66.2 Å². The lowest BCUT2D eigenvalue weighted by atomic mass is 10.1. The smallest absolute Gasteiger partial charge is 0.282 e. The molecule has 0 spiro atoms. The molecule has 0 aliphatic carbocycles. The van der Waals surface area contributed by atoms with Crippen molar-refractivity contribution in [2.24, 2.45) is 0 Å². The number of nitro groups is 1. The maximum atomic E-state index is 10.8. The standard InChI is InChI=1S/C14H12BrIN2O2/c1-9(10-2-4-11(15)5-3-10)17-12-6-7-14(18(19)20)13(16)8-12/h2-9,17H,1H3. The van der Waals surface area contributed by atoms with Crippen molar-refractivity contribution >= 4 is 49.9 Å². The minimum absolute atomic E-state index is 0.125. The molecular weight excluding hydrogens is 435 g/mol. The van der Waals surface area contributed by atoms with E-state index in [0.717, 1.165) is 15.7 Å². The Kier molecular flexibility index (Phi) is 4.98. The molecule has 2 aromatic carbocycles. The van der Waals surface area contributed by atoms with Crippen molar-refractivity contribution in [1.82, 2.24) is 0 Å². The Labute approximate surface area is 139 Å². The van der Waals surface area contributed by atoms with Gasteiger partial charge >= 0.3 is 0 Å². The zero-order chi connectivity index (χ0) is 14.7. The Morgan fingerprint density at radius 3 is 2.45 bits per heavy atom. The van der Waals surface area contributed by atoms with Gasteiger partial charge in [0.1, 0.15) is 0 Å². The molecule has 0 aromatic heterocycles. The highest BCUT2D eigenvalue weighted by Crippen LogP contribution is 2.27. The zero-order valence-corrected chi connectivity index (χ0v) is 14.4. The summed E-state index contributed by atoms with van der Waals surface area (Å²) in [4.78, 5) is 10.4. The number of nitro benzene ring substituents is 1. The molecule has 4 nitrogen and oxygen atoms in total. The van der Waals surface area contributed by atoms with Crippen LogP contribution in [0.2, 0.25) is 0 Å². The summed E-state index contributed by atoms with van der Waals surface area (Å²) in [5.41, 5.74) is 2.16. The van der Waals surface area contributed by atoms with Crippen LogP contribution in [-0.2, 0) is 0 Å². The van der Waals surface area contributed by atoms with Gasteiger partial charge in [-0.3, -0.25) is 10.1 Å². The van der Waals surface area contributed by atoms with Gasteiger partial charge in [0.25, 0.3) is 5.69 Å². The maximum absolute atomic E-state index is 10.8. The lowest BCUT2D eigenvalue weighted by Gasteiger charge is -2.16. The highest BCUT2D eigenvalue weighted by molar-refractivity contribution is 14.1. The normalized spacial score (nSPS) is 11.9. The molecule has 0 fully saturated rings. The SMILES string of the molecule is CC(Nc1ccc([N+](=O)[O-])c(I)c1)c1ccc(Br)cc1. The molecule has 0 saturated carbocycles. The molecule has 2 aromatic rings. The van der Waals surface area contributed by atoms with Crippen LogP contribution >= 0.6 is 38.5 Å². The number of nitrogens with zero attached hydrogens (tertiary/aromatic N) is 1. The van der Waals surface area contributed by atoms with E-state index in [1.807, 2.05) is 46.9 Å². The van der Waals surface area contributed by atoms with Crippen LogP contribution in [0, 0.1) is 13.7 Å². The van der Waals surface area contributed by atoms with Crippen LogP contribution in [0.15, 0.2) is 46.9 Å². The highest BCUT2D eigenvalue weighted by atomic mass is 127. The molecule has 0 aliphatic rings. The highest BCUT2D eigenvalue weighted by Gasteiger charge is 2.12. The van der Waals surface area contributed by atoms with E-state index >= 15 is 0 Å². The number of halogens is 2. The first-order valence-electron chi connectivity index (χ1n) is 5.93. The minimum Gasteiger partial charge on any atom is -0.378 e. The third-order valence-electron chi connectivity index (χ3n) is 2.90. The first kappa shape index (κ1) is 15.2. The maximum Gasteiger partial charge on any atom is 0.282 e. The Morgan fingerprint density at radius 2 is 1.90 bits per heavy atom. The van der Waals surface area contributed by atoms with E-state index < -0.39 is 0 Å². The van der Waals surface area contributed by atoms with Gasteiger partial charge in [-0.2, -0.15) is 0 Å². The molecule has 0 radical (unpaired) electrons. The molecule has 20 heavy (non-hydrogen) atoms. The summed E-state index contributed by atoms with van der Waals surface area (Å²) < 4.78 is 1.67. The number of hydrogen-bond acceptors (Lipinski definition) is 3. The third-order valence-corrected chi connectivity index (χ3v) is 4.29. The number of hydrogen-bond donors (Lipinski definition) is 1. The summed E-state index contributed by atoms with van der Waals surface area (Å²) in [5, 5.41) is 14.1. The van der Waals surface area contributed by atoms with Gasteiger partial charge in [0.05, 0.1) is 8.49 Å². The first-order chi connectivity index (χ1) is 9.47. The van der Waals surface area contributed by atoms with E-state index in [-0.39, 0.29) is 16.7 Å². The molecular formula is C14H12BrIN2O2. The summed E-state index contributed by atoms with van der Waals surface area (Å²) >= 11 is 5.39. The second-order valence-electron chi connectivity index (χ2n) is 4.34. The minimum atomic E-state index is -0.371. The average molecular weight is 447 g/mol. The molecule has 0 amide bonds. The van der Waals surface area contributed by atoms with Crippen LogP contribution in [0.4, 0.5) is 11.4 Å². The predicted molar refractivity (Wildman–Crippen MR) is 92.0 cm³/mol. The van der Waals surface area contributed by atoms with Gasteiger partial charge in [-0.25, -0.2) is 0 Å². The van der Waals surface area contributed by atoms with E-state index in [1.165, 1.54) is 6.07 Å². The predicted octanol–water partition coefficient (Wildman–Crippen LogP) is 5.14. The summed E-state index contributed by atoms with van der Waals surface area (Å²) in [5.74, 6) is 0. The van der Waals surface area contributed by atoms with Crippen LogP contribution in [0.1, 0.15) is 18.5 Å². The molecule has 0 aliphatic heterocycles. The first-order valence-corrected chi connectivity index (χ1v) is 7.80. The van der Waals surface area contributed by atoms with E-state index in [9.17, 15) is 10.1 Å². The Hall–Kier alpha value is -1.15. The quantitative estimate of drug-likeness (QED) is 0.402. The van der Waals surface area contributed by atoms with Gasteiger partial charge in [0.15, 0.2) is 0 Å². The van der Waals surface area contributed by atoms with Crippen LogP contribution in [0.25, 0.3) is 0 Å². The molecule has 1 N–H and O–H groups in total. The molecule has 0 heterocycles. The largest absolute Gasteiger partial charge is 0.378 e. The molecule has 1 atom stereocenters.